The van der Waals surface area contributed by atoms with Gasteiger partial charge in [-0.15, -0.1) is 0 Å². The molecule has 1 aliphatic rings. The number of hydrogen-bond donors (Lipinski definition) is 2. The lowest BCUT2D eigenvalue weighted by Crippen LogP contribution is -2.38. The highest BCUT2D eigenvalue weighted by atomic mass is 16.3. The van der Waals surface area contributed by atoms with Crippen molar-refractivity contribution in [2.24, 2.45) is 5.92 Å². The third kappa shape index (κ3) is 2.53. The van der Waals surface area contributed by atoms with Crippen molar-refractivity contribution in [3.63, 3.8) is 0 Å². The zero-order valence-corrected chi connectivity index (χ0v) is 11.0. The first kappa shape index (κ1) is 12.6. The van der Waals surface area contributed by atoms with E-state index in [0.717, 1.165) is 18.4 Å². The molecule has 0 heterocycles. The minimum atomic E-state index is -0.676. The van der Waals surface area contributed by atoms with Crippen molar-refractivity contribution in [1.29, 1.82) is 0 Å². The first-order chi connectivity index (χ1) is 8.08. The number of rotatable bonds is 5. The summed E-state index contributed by atoms with van der Waals surface area (Å²) in [4.78, 5) is 0. The van der Waals surface area contributed by atoms with Gasteiger partial charge in [0, 0.05) is 6.54 Å². The van der Waals surface area contributed by atoms with Crippen LogP contribution in [0.15, 0.2) is 24.3 Å². The minimum absolute atomic E-state index is 0.430. The molecule has 0 aliphatic heterocycles. The van der Waals surface area contributed by atoms with Gasteiger partial charge in [-0.1, -0.05) is 38.1 Å². The topological polar surface area (TPSA) is 32.3 Å². The maximum Gasteiger partial charge on any atom is 0.105 e. The SMILES string of the molecule is CNCC(O)(c1ccc(C(C)C)cc1)C1CC1. The van der Waals surface area contributed by atoms with Gasteiger partial charge in [0.15, 0.2) is 0 Å². The predicted octanol–water partition coefficient (Wildman–Crippen LogP) is 2.63. The van der Waals surface area contributed by atoms with Crippen LogP contribution in [-0.2, 0) is 5.60 Å². The summed E-state index contributed by atoms with van der Waals surface area (Å²) in [6.07, 6.45) is 2.29. The standard InChI is InChI=1S/C15H23NO/c1-11(2)12-4-6-13(7-5-12)15(17,10-16-3)14-8-9-14/h4-7,11,14,16-17H,8-10H2,1-3H3. The molecule has 1 aliphatic carbocycles. The van der Waals surface area contributed by atoms with E-state index in [1.165, 1.54) is 5.56 Å². The van der Waals surface area contributed by atoms with E-state index in [9.17, 15) is 5.11 Å². The summed E-state index contributed by atoms with van der Waals surface area (Å²) in [7, 11) is 1.90. The smallest absolute Gasteiger partial charge is 0.105 e. The number of aliphatic hydroxyl groups is 1. The monoisotopic (exact) mass is 233 g/mol. The number of likely N-dealkylation sites (N-methyl/N-ethyl adjacent to an activating group) is 1. The van der Waals surface area contributed by atoms with Crippen LogP contribution in [0.2, 0.25) is 0 Å². The van der Waals surface area contributed by atoms with E-state index in [4.69, 9.17) is 0 Å². The summed E-state index contributed by atoms with van der Waals surface area (Å²) < 4.78 is 0. The molecule has 2 nitrogen and oxygen atoms in total. The van der Waals surface area contributed by atoms with Crippen LogP contribution in [0.4, 0.5) is 0 Å². The highest BCUT2D eigenvalue weighted by Gasteiger charge is 2.44. The molecule has 0 amide bonds. The van der Waals surface area contributed by atoms with Crippen molar-refractivity contribution in [2.45, 2.75) is 38.2 Å². The maximum atomic E-state index is 10.8. The van der Waals surface area contributed by atoms with E-state index in [1.807, 2.05) is 7.05 Å². The molecule has 94 valence electrons. The Morgan fingerprint density at radius 2 is 1.88 bits per heavy atom. The average molecular weight is 233 g/mol. The summed E-state index contributed by atoms with van der Waals surface area (Å²) in [6, 6.07) is 8.46. The molecule has 0 radical (unpaired) electrons. The highest BCUT2D eigenvalue weighted by Crippen LogP contribution is 2.45. The molecule has 0 spiro atoms. The average Bonchev–Trinajstić information content (AvgIpc) is 3.13. The van der Waals surface area contributed by atoms with E-state index in [2.05, 4.69) is 43.4 Å². The van der Waals surface area contributed by atoms with Crippen LogP contribution in [0.5, 0.6) is 0 Å². The molecule has 2 N–H and O–H groups in total. The van der Waals surface area contributed by atoms with Gasteiger partial charge in [-0.05, 0) is 42.9 Å². The van der Waals surface area contributed by atoms with E-state index in [0.29, 0.717) is 18.4 Å². The molecule has 0 aromatic heterocycles. The van der Waals surface area contributed by atoms with E-state index in [1.54, 1.807) is 0 Å². The van der Waals surface area contributed by atoms with Crippen LogP contribution >= 0.6 is 0 Å². The Kier molecular flexibility index (Phi) is 3.55. The summed E-state index contributed by atoms with van der Waals surface area (Å²) >= 11 is 0. The van der Waals surface area contributed by atoms with Crippen LogP contribution < -0.4 is 5.32 Å². The Morgan fingerprint density at radius 1 is 1.29 bits per heavy atom. The van der Waals surface area contributed by atoms with Crippen molar-refractivity contribution in [3.8, 4) is 0 Å². The Morgan fingerprint density at radius 3 is 2.29 bits per heavy atom. The molecule has 0 bridgehead atoms. The Hall–Kier alpha value is -0.860. The van der Waals surface area contributed by atoms with Gasteiger partial charge in [-0.2, -0.15) is 0 Å². The molecule has 1 fully saturated rings. The molecule has 2 rings (SSSR count). The quantitative estimate of drug-likeness (QED) is 0.819. The molecule has 1 saturated carbocycles. The van der Waals surface area contributed by atoms with Gasteiger partial charge in [-0.3, -0.25) is 0 Å². The van der Waals surface area contributed by atoms with Crippen molar-refractivity contribution >= 4 is 0 Å². The van der Waals surface area contributed by atoms with Crippen molar-refractivity contribution in [3.05, 3.63) is 35.4 Å². The molecular formula is C15H23NO. The third-order valence-electron chi connectivity index (χ3n) is 3.78. The van der Waals surface area contributed by atoms with Crippen molar-refractivity contribution in [2.75, 3.05) is 13.6 Å². The lowest BCUT2D eigenvalue weighted by atomic mass is 9.87. The molecule has 1 aromatic carbocycles. The zero-order chi connectivity index (χ0) is 12.5. The van der Waals surface area contributed by atoms with Crippen LogP contribution in [0.25, 0.3) is 0 Å². The van der Waals surface area contributed by atoms with Gasteiger partial charge in [0.05, 0.1) is 0 Å². The predicted molar refractivity (Wildman–Crippen MR) is 71.1 cm³/mol. The van der Waals surface area contributed by atoms with Crippen molar-refractivity contribution in [1.82, 2.24) is 5.32 Å². The second kappa shape index (κ2) is 4.79. The molecule has 0 saturated heterocycles. The van der Waals surface area contributed by atoms with Crippen molar-refractivity contribution < 1.29 is 5.11 Å². The first-order valence-corrected chi connectivity index (χ1v) is 6.55. The lowest BCUT2D eigenvalue weighted by molar-refractivity contribution is 0.0153. The molecule has 1 unspecified atom stereocenters. The first-order valence-electron chi connectivity index (χ1n) is 6.55. The van der Waals surface area contributed by atoms with E-state index in [-0.39, 0.29) is 0 Å². The Balaban J connectivity index is 2.24. The fraction of sp³-hybridized carbons (Fsp3) is 0.600. The zero-order valence-electron chi connectivity index (χ0n) is 11.0. The van der Waals surface area contributed by atoms with Gasteiger partial charge < -0.3 is 10.4 Å². The number of benzene rings is 1. The second-order valence-electron chi connectivity index (χ2n) is 5.51. The fourth-order valence-corrected chi connectivity index (χ4v) is 2.47. The van der Waals surface area contributed by atoms with Gasteiger partial charge in [0.2, 0.25) is 0 Å². The Bertz CT molecular complexity index is 367. The number of nitrogens with one attached hydrogen (secondary N) is 1. The van der Waals surface area contributed by atoms with Gasteiger partial charge in [0.1, 0.15) is 5.60 Å². The molecular weight excluding hydrogens is 210 g/mol. The second-order valence-corrected chi connectivity index (χ2v) is 5.51. The van der Waals surface area contributed by atoms with E-state index < -0.39 is 5.60 Å². The summed E-state index contributed by atoms with van der Waals surface area (Å²) in [6.45, 7) is 5.02. The lowest BCUT2D eigenvalue weighted by Gasteiger charge is -2.29. The fourth-order valence-electron chi connectivity index (χ4n) is 2.47. The Labute approximate surface area is 104 Å². The maximum absolute atomic E-state index is 10.8. The molecule has 17 heavy (non-hydrogen) atoms. The largest absolute Gasteiger partial charge is 0.384 e. The van der Waals surface area contributed by atoms with Crippen LogP contribution in [0, 0.1) is 5.92 Å². The summed E-state index contributed by atoms with van der Waals surface area (Å²) in [5.74, 6) is 0.974. The number of hydrogen-bond acceptors (Lipinski definition) is 2. The molecule has 1 aromatic rings. The van der Waals surface area contributed by atoms with Crippen LogP contribution in [0.1, 0.15) is 43.7 Å². The highest BCUT2D eigenvalue weighted by molar-refractivity contribution is 5.30. The van der Waals surface area contributed by atoms with Gasteiger partial charge in [0.25, 0.3) is 0 Å². The van der Waals surface area contributed by atoms with Crippen LogP contribution in [-0.4, -0.2) is 18.7 Å². The van der Waals surface area contributed by atoms with Crippen LogP contribution in [0.3, 0.4) is 0 Å². The molecule has 2 heteroatoms. The normalized spacial score (nSPS) is 19.4. The molecule has 1 atom stereocenters. The van der Waals surface area contributed by atoms with E-state index >= 15 is 0 Å². The van der Waals surface area contributed by atoms with Gasteiger partial charge in [-0.25, -0.2) is 0 Å². The summed E-state index contributed by atoms with van der Waals surface area (Å²) in [5, 5.41) is 13.9. The third-order valence-corrected chi connectivity index (χ3v) is 3.78. The van der Waals surface area contributed by atoms with Gasteiger partial charge >= 0.3 is 0 Å². The summed E-state index contributed by atoms with van der Waals surface area (Å²) in [5.41, 5.74) is 1.71. The minimum Gasteiger partial charge on any atom is -0.384 e.